The molecule has 154 valence electrons. The predicted molar refractivity (Wildman–Crippen MR) is 116 cm³/mol. The molecule has 0 atom stereocenters. The first kappa shape index (κ1) is 19.9. The molecule has 0 aliphatic carbocycles. The van der Waals surface area contributed by atoms with Crippen LogP contribution in [0.5, 0.6) is 0 Å². The zero-order valence-electron chi connectivity index (χ0n) is 17.3. The summed E-state index contributed by atoms with van der Waals surface area (Å²) >= 11 is 0. The quantitative estimate of drug-likeness (QED) is 0.779. The topological polar surface area (TPSA) is 42.9 Å². The van der Waals surface area contributed by atoms with Gasteiger partial charge in [0, 0.05) is 65.1 Å². The van der Waals surface area contributed by atoms with Crippen LogP contribution in [0.4, 0.5) is 5.69 Å². The van der Waals surface area contributed by atoms with Gasteiger partial charge >= 0.3 is 0 Å². The summed E-state index contributed by atoms with van der Waals surface area (Å²) in [6.45, 7) is 11.7. The zero-order chi connectivity index (χ0) is 20.1. The number of rotatable bonds is 5. The second-order valence-corrected chi connectivity index (χ2v) is 7.91. The van der Waals surface area contributed by atoms with Crippen LogP contribution in [-0.2, 0) is 6.54 Å². The molecule has 2 aliphatic rings. The molecule has 6 heteroatoms. The second-order valence-electron chi connectivity index (χ2n) is 7.91. The third kappa shape index (κ3) is 4.95. The normalized spacial score (nSPS) is 18.8. The minimum Gasteiger partial charge on any atom is -0.368 e. The number of carbonyl (C=O) groups is 1. The van der Waals surface area contributed by atoms with Gasteiger partial charge in [-0.3, -0.25) is 14.7 Å². The van der Waals surface area contributed by atoms with Crippen molar-refractivity contribution in [2.45, 2.75) is 13.5 Å². The number of anilines is 1. The Balaban J connectivity index is 1.34. The minimum atomic E-state index is 0.109. The molecule has 0 radical (unpaired) electrons. The summed E-state index contributed by atoms with van der Waals surface area (Å²) in [5.41, 5.74) is 3.12. The smallest absolute Gasteiger partial charge is 0.255 e. The van der Waals surface area contributed by atoms with Gasteiger partial charge in [0.05, 0.1) is 17.4 Å². The Hall–Kier alpha value is -2.44. The number of hydrogen-bond donors (Lipinski definition) is 0. The largest absolute Gasteiger partial charge is 0.368 e. The summed E-state index contributed by atoms with van der Waals surface area (Å²) in [6, 6.07) is 12.7. The van der Waals surface area contributed by atoms with Gasteiger partial charge in [-0.1, -0.05) is 37.3 Å². The third-order valence-electron chi connectivity index (χ3n) is 6.06. The van der Waals surface area contributed by atoms with Crippen LogP contribution in [0.15, 0.2) is 48.8 Å². The summed E-state index contributed by atoms with van der Waals surface area (Å²) < 4.78 is 0. The fraction of sp³-hybridized carbons (Fsp3) is 0.478. The lowest BCUT2D eigenvalue weighted by Crippen LogP contribution is -2.48. The van der Waals surface area contributed by atoms with Crippen molar-refractivity contribution in [3.63, 3.8) is 0 Å². The number of likely N-dealkylation sites (N-methyl/N-ethyl adjacent to an activating group) is 1. The number of nitrogens with zero attached hydrogens (tertiary/aromatic N) is 5. The third-order valence-corrected chi connectivity index (χ3v) is 6.06. The van der Waals surface area contributed by atoms with Crippen LogP contribution in [-0.4, -0.2) is 84.5 Å². The van der Waals surface area contributed by atoms with E-state index in [1.165, 1.54) is 5.56 Å². The molecule has 1 aromatic heterocycles. The number of pyridine rings is 1. The molecule has 2 aromatic rings. The summed E-state index contributed by atoms with van der Waals surface area (Å²) in [5, 5.41) is 0. The Morgan fingerprint density at radius 3 is 2.28 bits per heavy atom. The van der Waals surface area contributed by atoms with E-state index >= 15 is 0 Å². The van der Waals surface area contributed by atoms with Gasteiger partial charge < -0.3 is 14.7 Å². The number of benzene rings is 1. The molecule has 2 aliphatic heterocycles. The van der Waals surface area contributed by atoms with Gasteiger partial charge in [0.15, 0.2) is 0 Å². The summed E-state index contributed by atoms with van der Waals surface area (Å²) in [6.07, 6.45) is 3.60. The van der Waals surface area contributed by atoms with Crippen molar-refractivity contribution in [3.05, 3.63) is 59.9 Å². The van der Waals surface area contributed by atoms with Crippen LogP contribution in [0.3, 0.4) is 0 Å². The van der Waals surface area contributed by atoms with Crippen LogP contribution < -0.4 is 4.90 Å². The highest BCUT2D eigenvalue weighted by atomic mass is 16.2. The van der Waals surface area contributed by atoms with Crippen molar-refractivity contribution in [3.8, 4) is 0 Å². The minimum absolute atomic E-state index is 0.109. The van der Waals surface area contributed by atoms with Crippen LogP contribution in [0.2, 0.25) is 0 Å². The maximum atomic E-state index is 12.9. The van der Waals surface area contributed by atoms with Gasteiger partial charge in [-0.05, 0) is 18.2 Å². The fourth-order valence-corrected chi connectivity index (χ4v) is 4.17. The first-order valence-electron chi connectivity index (χ1n) is 10.7. The number of piperazine rings is 2. The first-order valence-corrected chi connectivity index (χ1v) is 10.7. The molecule has 0 bridgehead atoms. The molecule has 3 heterocycles. The molecule has 2 fully saturated rings. The molecule has 0 spiro atoms. The molecule has 0 saturated carbocycles. The molecular weight excluding hydrogens is 362 g/mol. The second kappa shape index (κ2) is 9.37. The number of hydrogen-bond acceptors (Lipinski definition) is 5. The molecular formula is C23H31N5O. The van der Waals surface area contributed by atoms with Crippen LogP contribution in [0.25, 0.3) is 0 Å². The van der Waals surface area contributed by atoms with Gasteiger partial charge in [-0.2, -0.15) is 0 Å². The Labute approximate surface area is 173 Å². The van der Waals surface area contributed by atoms with E-state index in [9.17, 15) is 4.79 Å². The average Bonchev–Trinajstić information content (AvgIpc) is 2.80. The van der Waals surface area contributed by atoms with Crippen molar-refractivity contribution in [1.82, 2.24) is 19.7 Å². The lowest BCUT2D eigenvalue weighted by atomic mass is 10.1. The molecule has 6 nitrogen and oxygen atoms in total. The van der Waals surface area contributed by atoms with E-state index in [2.05, 4.69) is 56.9 Å². The fourth-order valence-electron chi connectivity index (χ4n) is 4.17. The summed E-state index contributed by atoms with van der Waals surface area (Å²) in [7, 11) is 0. The van der Waals surface area contributed by atoms with E-state index in [4.69, 9.17) is 0 Å². The maximum Gasteiger partial charge on any atom is 0.255 e. The SMILES string of the molecule is CCN1CCN(C(=O)c2cncc(N3CCN(Cc4ccccc4)CC3)c2)CC1. The summed E-state index contributed by atoms with van der Waals surface area (Å²) in [4.78, 5) is 26.5. The zero-order valence-corrected chi connectivity index (χ0v) is 17.3. The van der Waals surface area contributed by atoms with Crippen LogP contribution in [0, 0.1) is 0 Å². The lowest BCUT2D eigenvalue weighted by Gasteiger charge is -2.36. The van der Waals surface area contributed by atoms with Gasteiger partial charge in [0.2, 0.25) is 0 Å². The number of carbonyl (C=O) groups excluding carboxylic acids is 1. The average molecular weight is 394 g/mol. The molecule has 0 unspecified atom stereocenters. The first-order chi connectivity index (χ1) is 14.2. The molecule has 2 saturated heterocycles. The molecule has 4 rings (SSSR count). The lowest BCUT2D eigenvalue weighted by molar-refractivity contribution is 0.0643. The Bertz CT molecular complexity index is 796. The van der Waals surface area contributed by atoms with Crippen molar-refractivity contribution in [2.24, 2.45) is 0 Å². The van der Waals surface area contributed by atoms with E-state index < -0.39 is 0 Å². The van der Waals surface area contributed by atoms with Crippen LogP contribution >= 0.6 is 0 Å². The number of amides is 1. The summed E-state index contributed by atoms with van der Waals surface area (Å²) in [5.74, 6) is 0.109. The Kier molecular flexibility index (Phi) is 6.42. The Morgan fingerprint density at radius 1 is 0.897 bits per heavy atom. The molecule has 0 N–H and O–H groups in total. The van der Waals surface area contributed by atoms with Gasteiger partial charge in [-0.15, -0.1) is 0 Å². The number of aromatic nitrogens is 1. The monoisotopic (exact) mass is 393 g/mol. The van der Waals surface area contributed by atoms with E-state index in [-0.39, 0.29) is 5.91 Å². The highest BCUT2D eigenvalue weighted by Gasteiger charge is 2.23. The van der Waals surface area contributed by atoms with Gasteiger partial charge in [0.25, 0.3) is 5.91 Å². The maximum absolute atomic E-state index is 12.9. The van der Waals surface area contributed by atoms with Gasteiger partial charge in [0.1, 0.15) is 0 Å². The highest BCUT2D eigenvalue weighted by Crippen LogP contribution is 2.19. The van der Waals surface area contributed by atoms with Crippen molar-refractivity contribution < 1.29 is 4.79 Å². The van der Waals surface area contributed by atoms with E-state index in [0.717, 1.165) is 71.1 Å². The molecule has 1 amide bonds. The van der Waals surface area contributed by atoms with Crippen molar-refractivity contribution in [1.29, 1.82) is 0 Å². The van der Waals surface area contributed by atoms with E-state index in [1.807, 2.05) is 17.2 Å². The van der Waals surface area contributed by atoms with E-state index in [1.54, 1.807) is 6.20 Å². The standard InChI is InChI=1S/C23H31N5O/c1-2-25-8-14-28(15-9-25)23(29)21-16-22(18-24-17-21)27-12-10-26(11-13-27)19-20-6-4-3-5-7-20/h3-7,16-18H,2,8-15,19H2,1H3. The molecule has 1 aromatic carbocycles. The molecule has 29 heavy (non-hydrogen) atoms. The van der Waals surface area contributed by atoms with Crippen molar-refractivity contribution >= 4 is 11.6 Å². The Morgan fingerprint density at radius 2 is 1.59 bits per heavy atom. The van der Waals surface area contributed by atoms with Gasteiger partial charge in [-0.25, -0.2) is 0 Å². The van der Waals surface area contributed by atoms with E-state index in [0.29, 0.717) is 5.56 Å². The van der Waals surface area contributed by atoms with Crippen LogP contribution in [0.1, 0.15) is 22.8 Å². The van der Waals surface area contributed by atoms with Crippen molar-refractivity contribution in [2.75, 3.05) is 63.8 Å². The highest BCUT2D eigenvalue weighted by molar-refractivity contribution is 5.94. The predicted octanol–water partition coefficient (Wildman–Crippen LogP) is 2.18.